The van der Waals surface area contributed by atoms with Crippen LogP contribution in [0.2, 0.25) is 0 Å². The van der Waals surface area contributed by atoms with Crippen LogP contribution in [0.4, 0.5) is 11.1 Å². The molecule has 0 aliphatic carbocycles. The van der Waals surface area contributed by atoms with Crippen LogP contribution in [0.15, 0.2) is 54.1 Å². The molecule has 1 N–H and O–H groups in total. The molecule has 3 aromatic rings. The van der Waals surface area contributed by atoms with E-state index in [0.29, 0.717) is 22.4 Å². The van der Waals surface area contributed by atoms with Crippen LogP contribution >= 0.6 is 11.3 Å². The van der Waals surface area contributed by atoms with Gasteiger partial charge < -0.3 is 15.0 Å². The molecule has 3 heterocycles. The molecule has 31 heavy (non-hydrogen) atoms. The molecule has 1 unspecified atom stereocenters. The molecule has 0 saturated heterocycles. The van der Waals surface area contributed by atoms with E-state index < -0.39 is 12.0 Å². The highest BCUT2D eigenvalue weighted by Crippen LogP contribution is 2.38. The van der Waals surface area contributed by atoms with Crippen molar-refractivity contribution in [3.05, 3.63) is 64.6 Å². The SMILES string of the molecule is CCOC(=O)C1=C(C)N(CC(=O)Nc2ncc(C)s2)c2ncnn2C1c1ccccc1. The number of carbonyl (C=O) groups is 2. The lowest BCUT2D eigenvalue weighted by atomic mass is 9.95. The minimum atomic E-state index is -0.501. The maximum atomic E-state index is 13.0. The van der Waals surface area contributed by atoms with Gasteiger partial charge in [-0.3, -0.25) is 4.79 Å². The number of nitrogens with zero attached hydrogens (tertiary/aromatic N) is 5. The summed E-state index contributed by atoms with van der Waals surface area (Å²) in [5, 5.41) is 7.69. The Morgan fingerprint density at radius 3 is 2.65 bits per heavy atom. The number of ether oxygens (including phenoxy) is 1. The number of allylic oxidation sites excluding steroid dienone is 1. The fourth-order valence-corrected chi connectivity index (χ4v) is 4.23. The Labute approximate surface area is 183 Å². The highest BCUT2D eigenvalue weighted by molar-refractivity contribution is 7.15. The summed E-state index contributed by atoms with van der Waals surface area (Å²) in [5.74, 6) is -0.245. The third-order valence-electron chi connectivity index (χ3n) is 4.89. The molecule has 2 aromatic heterocycles. The molecule has 9 nitrogen and oxygen atoms in total. The molecular formula is C21H22N6O3S. The van der Waals surface area contributed by atoms with Crippen molar-refractivity contribution in [1.82, 2.24) is 19.7 Å². The maximum Gasteiger partial charge on any atom is 0.338 e. The number of aromatic nitrogens is 4. The van der Waals surface area contributed by atoms with E-state index >= 15 is 0 Å². The molecule has 0 bridgehead atoms. The number of thiazole rings is 1. The van der Waals surface area contributed by atoms with E-state index in [1.807, 2.05) is 37.3 Å². The maximum absolute atomic E-state index is 13.0. The minimum Gasteiger partial charge on any atom is -0.463 e. The summed E-state index contributed by atoms with van der Waals surface area (Å²) in [7, 11) is 0. The van der Waals surface area contributed by atoms with Crippen molar-refractivity contribution in [2.24, 2.45) is 0 Å². The van der Waals surface area contributed by atoms with E-state index in [4.69, 9.17) is 4.74 Å². The van der Waals surface area contributed by atoms with Crippen molar-refractivity contribution in [1.29, 1.82) is 0 Å². The first kappa shape index (κ1) is 20.7. The van der Waals surface area contributed by atoms with E-state index in [2.05, 4.69) is 20.4 Å². The van der Waals surface area contributed by atoms with Gasteiger partial charge in [-0.2, -0.15) is 10.1 Å². The van der Waals surface area contributed by atoms with Crippen LogP contribution in [0.25, 0.3) is 0 Å². The molecule has 160 valence electrons. The van der Waals surface area contributed by atoms with Gasteiger partial charge in [0.15, 0.2) is 5.13 Å². The van der Waals surface area contributed by atoms with Gasteiger partial charge in [-0.05, 0) is 26.3 Å². The van der Waals surface area contributed by atoms with E-state index in [1.165, 1.54) is 17.7 Å². The standard InChI is InChI=1S/C21H22N6O3S/c1-4-30-19(29)17-14(3)26(11-16(28)25-20-22-10-13(2)31-20)21-23-12-24-27(21)18(17)15-8-6-5-7-9-15/h5-10,12,18H,4,11H2,1-3H3,(H,22,25,28). The number of carbonyl (C=O) groups excluding carboxylic acids is 2. The lowest BCUT2D eigenvalue weighted by Gasteiger charge is -2.34. The Morgan fingerprint density at radius 2 is 1.97 bits per heavy atom. The zero-order valence-electron chi connectivity index (χ0n) is 17.4. The van der Waals surface area contributed by atoms with E-state index in [0.717, 1.165) is 10.4 Å². The topological polar surface area (TPSA) is 102 Å². The Kier molecular flexibility index (Phi) is 5.81. The molecule has 1 atom stereocenters. The first-order valence-corrected chi connectivity index (χ1v) is 10.6. The summed E-state index contributed by atoms with van der Waals surface area (Å²) >= 11 is 1.39. The summed E-state index contributed by atoms with van der Waals surface area (Å²) < 4.78 is 7.00. The Bertz CT molecular complexity index is 1140. The summed E-state index contributed by atoms with van der Waals surface area (Å²) in [5.41, 5.74) is 1.89. The van der Waals surface area contributed by atoms with Gasteiger partial charge in [-0.15, -0.1) is 11.3 Å². The van der Waals surface area contributed by atoms with Gasteiger partial charge in [-0.25, -0.2) is 14.5 Å². The van der Waals surface area contributed by atoms with Gasteiger partial charge in [0.1, 0.15) is 18.9 Å². The normalized spacial score (nSPS) is 15.6. The van der Waals surface area contributed by atoms with Crippen LogP contribution < -0.4 is 10.2 Å². The van der Waals surface area contributed by atoms with E-state index in [-0.39, 0.29) is 19.1 Å². The van der Waals surface area contributed by atoms with Gasteiger partial charge in [0, 0.05) is 16.8 Å². The largest absolute Gasteiger partial charge is 0.463 e. The quantitative estimate of drug-likeness (QED) is 0.590. The van der Waals surface area contributed by atoms with Crippen LogP contribution in [0.5, 0.6) is 0 Å². The van der Waals surface area contributed by atoms with Crippen molar-refractivity contribution in [3.8, 4) is 0 Å². The molecule has 1 amide bonds. The van der Waals surface area contributed by atoms with Gasteiger partial charge in [0.2, 0.25) is 11.9 Å². The second-order valence-corrected chi connectivity index (χ2v) is 8.18. The summed E-state index contributed by atoms with van der Waals surface area (Å²) in [6, 6.07) is 9.07. The minimum absolute atomic E-state index is 0.0480. The fourth-order valence-electron chi connectivity index (χ4n) is 3.55. The van der Waals surface area contributed by atoms with E-state index in [9.17, 15) is 9.59 Å². The van der Waals surface area contributed by atoms with Crippen LogP contribution in [-0.2, 0) is 14.3 Å². The summed E-state index contributed by atoms with van der Waals surface area (Å²) in [4.78, 5) is 36.9. The Hall–Kier alpha value is -3.53. The van der Waals surface area contributed by atoms with Crippen molar-refractivity contribution in [3.63, 3.8) is 0 Å². The summed E-state index contributed by atoms with van der Waals surface area (Å²) in [6.07, 6.45) is 3.12. The first-order chi connectivity index (χ1) is 15.0. The number of rotatable bonds is 6. The number of amides is 1. The molecule has 1 aliphatic rings. The van der Waals surface area contributed by atoms with Gasteiger partial charge in [-0.1, -0.05) is 30.3 Å². The van der Waals surface area contributed by atoms with E-state index in [1.54, 1.807) is 29.6 Å². The highest BCUT2D eigenvalue weighted by atomic mass is 32.1. The van der Waals surface area contributed by atoms with Crippen LogP contribution in [-0.4, -0.2) is 44.8 Å². The second-order valence-electron chi connectivity index (χ2n) is 6.95. The number of esters is 1. The molecule has 10 heteroatoms. The lowest BCUT2D eigenvalue weighted by molar-refractivity contribution is -0.139. The number of benzene rings is 1. The molecule has 4 rings (SSSR count). The number of fused-ring (bicyclic) bond motifs is 1. The zero-order chi connectivity index (χ0) is 22.0. The Morgan fingerprint density at radius 1 is 1.19 bits per heavy atom. The predicted molar refractivity (Wildman–Crippen MR) is 117 cm³/mol. The number of hydrogen-bond donors (Lipinski definition) is 1. The second kappa shape index (κ2) is 8.68. The average molecular weight is 439 g/mol. The van der Waals surface area contributed by atoms with Gasteiger partial charge in [0.25, 0.3) is 0 Å². The van der Waals surface area contributed by atoms with Gasteiger partial charge >= 0.3 is 5.97 Å². The van der Waals surface area contributed by atoms with Crippen LogP contribution in [0, 0.1) is 6.92 Å². The number of anilines is 2. The predicted octanol–water partition coefficient (Wildman–Crippen LogP) is 2.93. The molecular weight excluding hydrogens is 416 g/mol. The molecule has 0 spiro atoms. The fraction of sp³-hybridized carbons (Fsp3) is 0.286. The molecule has 0 saturated carbocycles. The van der Waals surface area contributed by atoms with Crippen LogP contribution in [0.1, 0.15) is 30.3 Å². The zero-order valence-corrected chi connectivity index (χ0v) is 18.2. The Balaban J connectivity index is 1.73. The molecule has 0 radical (unpaired) electrons. The molecule has 1 aromatic carbocycles. The third-order valence-corrected chi connectivity index (χ3v) is 5.72. The number of hydrogen-bond acceptors (Lipinski definition) is 8. The summed E-state index contributed by atoms with van der Waals surface area (Å²) in [6.45, 7) is 5.67. The lowest BCUT2D eigenvalue weighted by Crippen LogP contribution is -2.40. The smallest absolute Gasteiger partial charge is 0.338 e. The van der Waals surface area contributed by atoms with Crippen molar-refractivity contribution < 1.29 is 14.3 Å². The first-order valence-electron chi connectivity index (χ1n) is 9.81. The molecule has 0 fully saturated rings. The number of aryl methyl sites for hydroxylation is 1. The van der Waals surface area contributed by atoms with Crippen molar-refractivity contribution >= 4 is 34.3 Å². The number of nitrogens with one attached hydrogen (secondary N) is 1. The monoisotopic (exact) mass is 438 g/mol. The third kappa shape index (κ3) is 4.06. The highest BCUT2D eigenvalue weighted by Gasteiger charge is 2.38. The average Bonchev–Trinajstić information content (AvgIpc) is 3.39. The van der Waals surface area contributed by atoms with Crippen molar-refractivity contribution in [2.75, 3.05) is 23.4 Å². The van der Waals surface area contributed by atoms with Gasteiger partial charge in [0.05, 0.1) is 12.2 Å². The molecule has 1 aliphatic heterocycles. The van der Waals surface area contributed by atoms with Crippen molar-refractivity contribution in [2.45, 2.75) is 26.8 Å². The van der Waals surface area contributed by atoms with Crippen LogP contribution in [0.3, 0.4) is 0 Å².